The SMILES string of the molecule is CC(C)OC(=O)c1ccc2c(c1N)C(=O)c1ccccc1C2=O. The average Bonchev–Trinajstić information content (AvgIpc) is 2.51. The predicted octanol–water partition coefficient (Wildman–Crippen LogP) is 2.61. The van der Waals surface area contributed by atoms with Crippen molar-refractivity contribution in [3.63, 3.8) is 0 Å². The van der Waals surface area contributed by atoms with E-state index in [-0.39, 0.29) is 40.0 Å². The number of benzene rings is 2. The summed E-state index contributed by atoms with van der Waals surface area (Å²) in [5.41, 5.74) is 7.04. The Morgan fingerprint density at radius 1 is 0.957 bits per heavy atom. The number of carbonyl (C=O) groups excluding carboxylic acids is 3. The van der Waals surface area contributed by atoms with Crippen molar-refractivity contribution in [3.8, 4) is 0 Å². The van der Waals surface area contributed by atoms with Crippen LogP contribution in [-0.4, -0.2) is 23.6 Å². The Balaban J connectivity index is 2.17. The van der Waals surface area contributed by atoms with Gasteiger partial charge in [0.25, 0.3) is 0 Å². The molecule has 1 aliphatic rings. The lowest BCUT2D eigenvalue weighted by Crippen LogP contribution is -2.24. The molecule has 116 valence electrons. The fraction of sp³-hybridized carbons (Fsp3) is 0.167. The molecule has 0 amide bonds. The number of carbonyl (C=O) groups is 3. The molecule has 0 spiro atoms. The zero-order chi connectivity index (χ0) is 16.7. The molecule has 3 rings (SSSR count). The number of ketones is 2. The van der Waals surface area contributed by atoms with Gasteiger partial charge in [-0.05, 0) is 26.0 Å². The summed E-state index contributed by atoms with van der Waals surface area (Å²) in [4.78, 5) is 37.3. The lowest BCUT2D eigenvalue weighted by molar-refractivity contribution is 0.0379. The van der Waals surface area contributed by atoms with E-state index in [0.717, 1.165) is 0 Å². The van der Waals surface area contributed by atoms with Crippen LogP contribution >= 0.6 is 0 Å². The maximum atomic E-state index is 12.7. The summed E-state index contributed by atoms with van der Waals surface area (Å²) in [6.45, 7) is 3.44. The molecule has 5 nitrogen and oxygen atoms in total. The van der Waals surface area contributed by atoms with Crippen LogP contribution in [0.15, 0.2) is 36.4 Å². The second kappa shape index (κ2) is 5.35. The van der Waals surface area contributed by atoms with Gasteiger partial charge >= 0.3 is 5.97 Å². The van der Waals surface area contributed by atoms with Crippen LogP contribution in [0.3, 0.4) is 0 Å². The molecule has 1 aliphatic carbocycles. The summed E-state index contributed by atoms with van der Waals surface area (Å²) < 4.78 is 5.12. The third kappa shape index (κ3) is 2.30. The number of hydrogen-bond donors (Lipinski definition) is 1. The molecule has 0 atom stereocenters. The summed E-state index contributed by atoms with van der Waals surface area (Å²) in [5, 5.41) is 0. The number of nitrogens with two attached hydrogens (primary N) is 1. The van der Waals surface area contributed by atoms with Crippen molar-refractivity contribution < 1.29 is 19.1 Å². The molecule has 5 heteroatoms. The summed E-state index contributed by atoms with van der Waals surface area (Å²) in [6, 6.07) is 9.46. The first-order chi connectivity index (χ1) is 10.9. The first-order valence-corrected chi connectivity index (χ1v) is 7.23. The smallest absolute Gasteiger partial charge is 0.340 e. The number of ether oxygens (including phenoxy) is 1. The lowest BCUT2D eigenvalue weighted by Gasteiger charge is -2.20. The van der Waals surface area contributed by atoms with Crippen LogP contribution in [0.25, 0.3) is 0 Å². The number of hydrogen-bond acceptors (Lipinski definition) is 5. The van der Waals surface area contributed by atoms with Gasteiger partial charge in [0.05, 0.1) is 22.9 Å². The van der Waals surface area contributed by atoms with Crippen molar-refractivity contribution in [2.45, 2.75) is 20.0 Å². The second-order valence-electron chi connectivity index (χ2n) is 5.61. The zero-order valence-electron chi connectivity index (χ0n) is 12.8. The molecule has 23 heavy (non-hydrogen) atoms. The molecule has 2 N–H and O–H groups in total. The van der Waals surface area contributed by atoms with Crippen LogP contribution in [0.1, 0.15) is 56.0 Å². The Labute approximate surface area is 133 Å². The van der Waals surface area contributed by atoms with E-state index in [1.54, 1.807) is 38.1 Å². The largest absolute Gasteiger partial charge is 0.459 e. The van der Waals surface area contributed by atoms with Gasteiger partial charge in [0.1, 0.15) is 0 Å². The minimum absolute atomic E-state index is 0.0130. The molecule has 0 unspecified atom stereocenters. The van der Waals surface area contributed by atoms with E-state index in [4.69, 9.17) is 10.5 Å². The van der Waals surface area contributed by atoms with Crippen molar-refractivity contribution in [1.29, 1.82) is 0 Å². The lowest BCUT2D eigenvalue weighted by atomic mass is 9.82. The van der Waals surface area contributed by atoms with Crippen molar-refractivity contribution in [1.82, 2.24) is 0 Å². The third-order valence-electron chi connectivity index (χ3n) is 3.70. The van der Waals surface area contributed by atoms with E-state index in [9.17, 15) is 14.4 Å². The molecular weight excluding hydrogens is 294 g/mol. The topological polar surface area (TPSA) is 86.5 Å². The van der Waals surface area contributed by atoms with Gasteiger partial charge in [0.2, 0.25) is 0 Å². The highest BCUT2D eigenvalue weighted by Crippen LogP contribution is 2.32. The number of rotatable bonds is 2. The normalized spacial score (nSPS) is 12.8. The van der Waals surface area contributed by atoms with Gasteiger partial charge in [0, 0.05) is 16.7 Å². The molecule has 2 aromatic rings. The Bertz CT molecular complexity index is 852. The van der Waals surface area contributed by atoms with Crippen molar-refractivity contribution >= 4 is 23.2 Å². The van der Waals surface area contributed by atoms with Crippen LogP contribution < -0.4 is 5.73 Å². The van der Waals surface area contributed by atoms with Gasteiger partial charge in [-0.15, -0.1) is 0 Å². The third-order valence-corrected chi connectivity index (χ3v) is 3.70. The monoisotopic (exact) mass is 309 g/mol. The van der Waals surface area contributed by atoms with Gasteiger partial charge in [-0.3, -0.25) is 9.59 Å². The quantitative estimate of drug-likeness (QED) is 0.581. The Kier molecular flexibility index (Phi) is 3.48. The summed E-state index contributed by atoms with van der Waals surface area (Å²) in [7, 11) is 0. The van der Waals surface area contributed by atoms with Crippen LogP contribution in [0.2, 0.25) is 0 Å². The van der Waals surface area contributed by atoms with Crippen molar-refractivity contribution in [2.75, 3.05) is 5.73 Å². The zero-order valence-corrected chi connectivity index (χ0v) is 12.8. The fourth-order valence-corrected chi connectivity index (χ4v) is 2.67. The van der Waals surface area contributed by atoms with E-state index in [1.807, 2.05) is 0 Å². The molecule has 0 heterocycles. The number of fused-ring (bicyclic) bond motifs is 2. The Hall–Kier alpha value is -2.95. The Morgan fingerprint density at radius 3 is 2.17 bits per heavy atom. The average molecular weight is 309 g/mol. The molecule has 0 saturated heterocycles. The molecule has 0 saturated carbocycles. The predicted molar refractivity (Wildman–Crippen MR) is 84.7 cm³/mol. The number of esters is 1. The van der Waals surface area contributed by atoms with E-state index >= 15 is 0 Å². The minimum Gasteiger partial charge on any atom is -0.459 e. The van der Waals surface area contributed by atoms with Crippen LogP contribution in [0.5, 0.6) is 0 Å². The van der Waals surface area contributed by atoms with Gasteiger partial charge in [-0.2, -0.15) is 0 Å². The minimum atomic E-state index is -0.612. The summed E-state index contributed by atoms with van der Waals surface area (Å²) in [5.74, 6) is -1.24. The van der Waals surface area contributed by atoms with E-state index in [1.165, 1.54) is 12.1 Å². The number of nitrogen functional groups attached to an aromatic ring is 1. The second-order valence-corrected chi connectivity index (χ2v) is 5.61. The van der Waals surface area contributed by atoms with Gasteiger partial charge < -0.3 is 10.5 Å². The van der Waals surface area contributed by atoms with E-state index in [0.29, 0.717) is 11.1 Å². The molecule has 2 aromatic carbocycles. The maximum Gasteiger partial charge on any atom is 0.340 e. The number of anilines is 1. The summed E-state index contributed by atoms with van der Waals surface area (Å²) >= 11 is 0. The fourth-order valence-electron chi connectivity index (χ4n) is 2.67. The van der Waals surface area contributed by atoms with E-state index < -0.39 is 5.97 Å². The molecule has 0 bridgehead atoms. The highest BCUT2D eigenvalue weighted by molar-refractivity contribution is 6.30. The van der Waals surface area contributed by atoms with Crippen LogP contribution in [0, 0.1) is 0 Å². The molecule has 0 radical (unpaired) electrons. The van der Waals surface area contributed by atoms with Crippen LogP contribution in [-0.2, 0) is 4.74 Å². The van der Waals surface area contributed by atoms with Crippen molar-refractivity contribution in [2.24, 2.45) is 0 Å². The molecule has 0 aliphatic heterocycles. The molecule has 0 aromatic heterocycles. The highest BCUT2D eigenvalue weighted by Gasteiger charge is 2.33. The van der Waals surface area contributed by atoms with Crippen molar-refractivity contribution in [3.05, 3.63) is 64.2 Å². The first-order valence-electron chi connectivity index (χ1n) is 7.23. The van der Waals surface area contributed by atoms with Gasteiger partial charge in [-0.25, -0.2) is 4.79 Å². The van der Waals surface area contributed by atoms with E-state index in [2.05, 4.69) is 0 Å². The standard InChI is InChI=1S/C18H15NO4/c1-9(2)23-18(22)13-8-7-12-14(15(13)19)17(21)11-6-4-3-5-10(11)16(12)20/h3-9H,19H2,1-2H3. The first kappa shape index (κ1) is 15.0. The maximum absolute atomic E-state index is 12.7. The van der Waals surface area contributed by atoms with Gasteiger partial charge in [0.15, 0.2) is 11.6 Å². The molecular formula is C18H15NO4. The van der Waals surface area contributed by atoms with Crippen LogP contribution in [0.4, 0.5) is 5.69 Å². The molecule has 0 fully saturated rings. The Morgan fingerprint density at radius 2 is 1.57 bits per heavy atom. The summed E-state index contributed by atoms with van der Waals surface area (Å²) in [6.07, 6.45) is -0.309. The highest BCUT2D eigenvalue weighted by atomic mass is 16.5. The van der Waals surface area contributed by atoms with Gasteiger partial charge in [-0.1, -0.05) is 24.3 Å².